The topological polar surface area (TPSA) is 41.1 Å². The molecule has 0 aromatic carbocycles. The quantitative estimate of drug-likeness (QED) is 0.706. The van der Waals surface area contributed by atoms with Gasteiger partial charge in [0.25, 0.3) is 0 Å². The van der Waals surface area contributed by atoms with Crippen LogP contribution in [-0.4, -0.2) is 20.0 Å². The van der Waals surface area contributed by atoms with Crippen molar-refractivity contribution in [3.05, 3.63) is 82.1 Å². The second-order valence-corrected chi connectivity index (χ2v) is 7.38. The number of nitrogens with one attached hydrogen (secondary N) is 1. The van der Waals surface area contributed by atoms with E-state index >= 15 is 0 Å². The van der Waals surface area contributed by atoms with E-state index in [0.717, 1.165) is 16.5 Å². The van der Waals surface area contributed by atoms with E-state index in [1.807, 2.05) is 42.7 Å². The smallest absolute Gasteiger partial charge is 0.170 e. The van der Waals surface area contributed by atoms with Crippen molar-refractivity contribution in [3.8, 4) is 0 Å². The van der Waals surface area contributed by atoms with Gasteiger partial charge in [0.05, 0.1) is 30.0 Å². The maximum absolute atomic E-state index is 5.67. The zero-order valence-corrected chi connectivity index (χ0v) is 15.4. The molecule has 3 aromatic rings. The highest BCUT2D eigenvalue weighted by atomic mass is 32.1. The fraction of sp³-hybridized carbons (Fsp3) is 0.211. The number of aromatic nitrogens is 2. The fourth-order valence-electron chi connectivity index (χ4n) is 3.21. The van der Waals surface area contributed by atoms with Gasteiger partial charge in [-0.25, -0.2) is 0 Å². The number of thiocarbonyl (C=S) groups is 1. The third kappa shape index (κ3) is 3.15. The molecule has 4 nitrogen and oxygen atoms in total. The van der Waals surface area contributed by atoms with Gasteiger partial charge in [-0.2, -0.15) is 0 Å². The van der Waals surface area contributed by atoms with Crippen LogP contribution in [0.1, 0.15) is 33.9 Å². The molecule has 0 aliphatic carbocycles. The van der Waals surface area contributed by atoms with Crippen LogP contribution < -0.4 is 5.32 Å². The lowest BCUT2D eigenvalue weighted by Crippen LogP contribution is -2.29. The molecule has 0 saturated carbocycles. The molecule has 0 bridgehead atoms. The number of pyridine rings is 2. The van der Waals surface area contributed by atoms with Gasteiger partial charge in [-0.1, -0.05) is 12.1 Å². The lowest BCUT2D eigenvalue weighted by molar-refractivity contribution is 0.312. The Bertz CT molecular complexity index is 863. The standard InChI is InChI=1S/C19H18N4S2/c1-13-8-11-25-18(13)17-16(15-7-3-5-10-21-15)22-19(24)23(17)12-14-6-2-4-9-20-14/h2-11,16-17H,12H2,1H3,(H,22,24). The van der Waals surface area contributed by atoms with E-state index in [1.54, 1.807) is 11.3 Å². The van der Waals surface area contributed by atoms with Crippen molar-refractivity contribution in [2.24, 2.45) is 0 Å². The van der Waals surface area contributed by atoms with Gasteiger partial charge in [0.15, 0.2) is 5.11 Å². The van der Waals surface area contributed by atoms with Crippen molar-refractivity contribution in [3.63, 3.8) is 0 Å². The normalized spacial score (nSPS) is 19.9. The predicted molar refractivity (Wildman–Crippen MR) is 104 cm³/mol. The summed E-state index contributed by atoms with van der Waals surface area (Å²) in [5.74, 6) is 0. The second kappa shape index (κ2) is 6.90. The Morgan fingerprint density at radius 2 is 1.92 bits per heavy atom. The van der Waals surface area contributed by atoms with Crippen LogP contribution in [0.3, 0.4) is 0 Å². The van der Waals surface area contributed by atoms with Gasteiger partial charge in [-0.05, 0) is 60.4 Å². The summed E-state index contributed by atoms with van der Waals surface area (Å²) in [4.78, 5) is 12.6. The van der Waals surface area contributed by atoms with E-state index in [1.165, 1.54) is 10.4 Å². The first-order chi connectivity index (χ1) is 12.2. The van der Waals surface area contributed by atoms with Gasteiger partial charge in [-0.15, -0.1) is 11.3 Å². The Labute approximate surface area is 156 Å². The highest BCUT2D eigenvalue weighted by molar-refractivity contribution is 7.80. The summed E-state index contributed by atoms with van der Waals surface area (Å²) in [5.41, 5.74) is 3.30. The molecule has 6 heteroatoms. The summed E-state index contributed by atoms with van der Waals surface area (Å²) < 4.78 is 0. The van der Waals surface area contributed by atoms with Crippen LogP contribution in [0.5, 0.6) is 0 Å². The molecule has 25 heavy (non-hydrogen) atoms. The van der Waals surface area contributed by atoms with Crippen molar-refractivity contribution in [1.82, 2.24) is 20.2 Å². The van der Waals surface area contributed by atoms with E-state index < -0.39 is 0 Å². The Hall–Kier alpha value is -2.31. The third-order valence-electron chi connectivity index (χ3n) is 4.43. The summed E-state index contributed by atoms with van der Waals surface area (Å²) in [6.45, 7) is 2.83. The van der Waals surface area contributed by atoms with Gasteiger partial charge >= 0.3 is 0 Å². The van der Waals surface area contributed by atoms with E-state index in [4.69, 9.17) is 12.2 Å². The maximum Gasteiger partial charge on any atom is 0.170 e. The lowest BCUT2D eigenvalue weighted by Gasteiger charge is -2.27. The molecule has 4 heterocycles. The van der Waals surface area contributed by atoms with Crippen LogP contribution >= 0.6 is 23.6 Å². The molecule has 2 unspecified atom stereocenters. The van der Waals surface area contributed by atoms with Crippen LogP contribution in [-0.2, 0) is 6.54 Å². The number of nitrogens with zero attached hydrogens (tertiary/aromatic N) is 3. The van der Waals surface area contributed by atoms with Crippen molar-refractivity contribution in [2.45, 2.75) is 25.6 Å². The van der Waals surface area contributed by atoms with Gasteiger partial charge in [0, 0.05) is 17.3 Å². The minimum absolute atomic E-state index is 0.0368. The molecule has 1 aliphatic heterocycles. The zero-order valence-electron chi connectivity index (χ0n) is 13.8. The van der Waals surface area contributed by atoms with Crippen LogP contribution in [0, 0.1) is 6.92 Å². The lowest BCUT2D eigenvalue weighted by atomic mass is 10.0. The monoisotopic (exact) mass is 366 g/mol. The van der Waals surface area contributed by atoms with Crippen molar-refractivity contribution in [1.29, 1.82) is 0 Å². The van der Waals surface area contributed by atoms with Crippen molar-refractivity contribution in [2.75, 3.05) is 0 Å². The number of thiophene rings is 1. The zero-order chi connectivity index (χ0) is 17.2. The summed E-state index contributed by atoms with van der Waals surface area (Å²) >= 11 is 7.45. The van der Waals surface area contributed by atoms with Crippen LogP contribution in [0.2, 0.25) is 0 Å². The minimum atomic E-state index is 0.0368. The van der Waals surface area contributed by atoms with Crippen LogP contribution in [0.4, 0.5) is 0 Å². The van der Waals surface area contributed by atoms with Crippen molar-refractivity contribution >= 4 is 28.7 Å². The molecule has 126 valence electrons. The second-order valence-electron chi connectivity index (χ2n) is 6.04. The number of rotatable bonds is 4. The fourth-order valence-corrected chi connectivity index (χ4v) is 4.59. The Morgan fingerprint density at radius 3 is 2.56 bits per heavy atom. The van der Waals surface area contributed by atoms with Gasteiger partial charge in [0.1, 0.15) is 0 Å². The maximum atomic E-state index is 5.67. The Kier molecular flexibility index (Phi) is 4.46. The molecule has 4 rings (SSSR count). The number of hydrogen-bond acceptors (Lipinski definition) is 4. The first kappa shape index (κ1) is 16.2. The Balaban J connectivity index is 1.74. The van der Waals surface area contributed by atoms with E-state index in [9.17, 15) is 0 Å². The minimum Gasteiger partial charge on any atom is -0.352 e. The molecule has 1 saturated heterocycles. The molecular formula is C19H18N4S2. The molecule has 0 amide bonds. The number of aryl methyl sites for hydroxylation is 1. The predicted octanol–water partition coefficient (Wildman–Crippen LogP) is 4.02. The number of hydrogen-bond donors (Lipinski definition) is 1. The average molecular weight is 367 g/mol. The summed E-state index contributed by atoms with van der Waals surface area (Å²) in [6, 6.07) is 14.3. The summed E-state index contributed by atoms with van der Waals surface area (Å²) in [7, 11) is 0. The SMILES string of the molecule is Cc1ccsc1C1C(c2ccccn2)NC(=S)N1Cc1ccccn1. The highest BCUT2D eigenvalue weighted by Gasteiger charge is 2.41. The first-order valence-corrected chi connectivity index (χ1v) is 9.45. The van der Waals surface area contributed by atoms with E-state index in [-0.39, 0.29) is 12.1 Å². The molecule has 0 radical (unpaired) electrons. The molecule has 1 aliphatic rings. The highest BCUT2D eigenvalue weighted by Crippen LogP contribution is 2.42. The van der Waals surface area contributed by atoms with E-state index in [0.29, 0.717) is 6.54 Å². The molecular weight excluding hydrogens is 348 g/mol. The summed E-state index contributed by atoms with van der Waals surface area (Å²) in [5, 5.41) is 6.37. The Morgan fingerprint density at radius 1 is 1.12 bits per heavy atom. The average Bonchev–Trinajstić information content (AvgIpc) is 3.20. The van der Waals surface area contributed by atoms with Gasteiger partial charge in [-0.3, -0.25) is 9.97 Å². The van der Waals surface area contributed by atoms with Gasteiger partial charge < -0.3 is 10.2 Å². The van der Waals surface area contributed by atoms with Crippen LogP contribution in [0.25, 0.3) is 0 Å². The van der Waals surface area contributed by atoms with Crippen LogP contribution in [0.15, 0.2) is 60.2 Å². The van der Waals surface area contributed by atoms with Crippen molar-refractivity contribution < 1.29 is 0 Å². The van der Waals surface area contributed by atoms with Gasteiger partial charge in [0.2, 0.25) is 0 Å². The molecule has 2 atom stereocenters. The first-order valence-electron chi connectivity index (χ1n) is 8.16. The molecule has 0 spiro atoms. The molecule has 3 aromatic heterocycles. The largest absolute Gasteiger partial charge is 0.352 e. The van der Waals surface area contributed by atoms with E-state index in [2.05, 4.69) is 44.6 Å². The summed E-state index contributed by atoms with van der Waals surface area (Å²) in [6.07, 6.45) is 3.66. The third-order valence-corrected chi connectivity index (χ3v) is 5.87. The molecule has 1 fully saturated rings. The molecule has 1 N–H and O–H groups in total.